The van der Waals surface area contributed by atoms with Crippen LogP contribution in [0, 0.1) is 0 Å². The van der Waals surface area contributed by atoms with Crippen LogP contribution in [0.4, 0.5) is 5.69 Å². The summed E-state index contributed by atoms with van der Waals surface area (Å²) in [5.41, 5.74) is 4.31. The standard InChI is InChI=1S/C22H15NO9/c23-12-5-10(2-3-13(12)25)22(30)32-21-19(29)18-16(28)7-11(24)8-17(18)31-20(21)9-1-4-14(26)15(27)6-9/h1-8,24-28H,23H2. The van der Waals surface area contributed by atoms with Gasteiger partial charge in [0.2, 0.25) is 11.2 Å². The van der Waals surface area contributed by atoms with E-state index in [4.69, 9.17) is 14.9 Å². The topological polar surface area (TPSA) is 184 Å². The van der Waals surface area contributed by atoms with Crippen LogP contribution < -0.4 is 15.9 Å². The van der Waals surface area contributed by atoms with Crippen molar-refractivity contribution in [1.82, 2.24) is 0 Å². The third-order valence-corrected chi connectivity index (χ3v) is 4.61. The van der Waals surface area contributed by atoms with Crippen LogP contribution in [0.3, 0.4) is 0 Å². The van der Waals surface area contributed by atoms with Crippen molar-refractivity contribution in [2.75, 3.05) is 5.73 Å². The number of nitrogen functional groups attached to an aromatic ring is 1. The Labute approximate surface area is 178 Å². The number of phenols is 5. The molecule has 0 amide bonds. The number of esters is 1. The predicted octanol–water partition coefficient (Wildman–Crippen LogP) is 2.79. The SMILES string of the molecule is Nc1cc(C(=O)Oc2c(-c3ccc(O)c(O)c3)oc3cc(O)cc(O)c3c2=O)ccc1O. The largest absolute Gasteiger partial charge is 0.508 e. The number of rotatable bonds is 3. The zero-order valence-corrected chi connectivity index (χ0v) is 16.1. The third-order valence-electron chi connectivity index (χ3n) is 4.61. The Bertz CT molecular complexity index is 1460. The summed E-state index contributed by atoms with van der Waals surface area (Å²) in [5, 5.41) is 48.5. The highest BCUT2D eigenvalue weighted by Gasteiger charge is 2.24. The summed E-state index contributed by atoms with van der Waals surface area (Å²) in [7, 11) is 0. The minimum Gasteiger partial charge on any atom is -0.508 e. The maximum absolute atomic E-state index is 13.1. The van der Waals surface area contributed by atoms with E-state index in [1.807, 2.05) is 0 Å². The van der Waals surface area contributed by atoms with E-state index in [9.17, 15) is 35.1 Å². The van der Waals surface area contributed by atoms with Gasteiger partial charge in [-0.15, -0.1) is 0 Å². The lowest BCUT2D eigenvalue weighted by atomic mass is 10.1. The molecule has 0 aliphatic heterocycles. The summed E-state index contributed by atoms with van der Waals surface area (Å²) in [4.78, 5) is 25.8. The normalized spacial score (nSPS) is 10.9. The molecule has 0 saturated heterocycles. The molecule has 4 aromatic rings. The fourth-order valence-electron chi connectivity index (χ4n) is 3.05. The van der Waals surface area contributed by atoms with Crippen molar-refractivity contribution in [2.24, 2.45) is 0 Å². The van der Waals surface area contributed by atoms with E-state index in [2.05, 4.69) is 0 Å². The number of phenolic OH excluding ortho intramolecular Hbond substituents is 5. The van der Waals surface area contributed by atoms with E-state index in [-0.39, 0.29) is 45.0 Å². The first-order chi connectivity index (χ1) is 15.2. The number of benzene rings is 3. The monoisotopic (exact) mass is 437 g/mol. The molecule has 0 saturated carbocycles. The molecule has 1 aromatic heterocycles. The predicted molar refractivity (Wildman–Crippen MR) is 112 cm³/mol. The number of carbonyl (C=O) groups is 1. The summed E-state index contributed by atoms with van der Waals surface area (Å²) in [6.45, 7) is 0. The molecule has 0 aliphatic rings. The zero-order chi connectivity index (χ0) is 23.2. The van der Waals surface area contributed by atoms with Gasteiger partial charge in [0.1, 0.15) is 28.2 Å². The van der Waals surface area contributed by atoms with Crippen LogP contribution in [0.1, 0.15) is 10.4 Å². The number of fused-ring (bicyclic) bond motifs is 1. The summed E-state index contributed by atoms with van der Waals surface area (Å²) in [6.07, 6.45) is 0. The second-order valence-corrected chi connectivity index (χ2v) is 6.79. The molecule has 0 atom stereocenters. The second-order valence-electron chi connectivity index (χ2n) is 6.79. The molecule has 0 aliphatic carbocycles. The summed E-state index contributed by atoms with van der Waals surface area (Å²) in [5.74, 6) is -4.19. The fraction of sp³-hybridized carbons (Fsp3) is 0. The van der Waals surface area contributed by atoms with Crippen LogP contribution in [0.25, 0.3) is 22.3 Å². The average molecular weight is 437 g/mol. The van der Waals surface area contributed by atoms with Gasteiger partial charge in [-0.1, -0.05) is 0 Å². The lowest BCUT2D eigenvalue weighted by Gasteiger charge is -2.12. The van der Waals surface area contributed by atoms with Gasteiger partial charge in [0, 0.05) is 17.7 Å². The Morgan fingerprint density at radius 3 is 2.25 bits per heavy atom. The van der Waals surface area contributed by atoms with Gasteiger partial charge in [-0.05, 0) is 36.4 Å². The number of ether oxygens (including phenoxy) is 1. The molecule has 0 fully saturated rings. The van der Waals surface area contributed by atoms with Crippen molar-refractivity contribution < 1.29 is 39.5 Å². The summed E-state index contributed by atoms with van der Waals surface area (Å²) in [6, 6.07) is 9.00. The van der Waals surface area contributed by atoms with Crippen molar-refractivity contribution in [3.05, 3.63) is 64.3 Å². The van der Waals surface area contributed by atoms with Crippen molar-refractivity contribution in [3.63, 3.8) is 0 Å². The van der Waals surface area contributed by atoms with Crippen LogP contribution in [0.15, 0.2) is 57.7 Å². The fourth-order valence-corrected chi connectivity index (χ4v) is 3.05. The Morgan fingerprint density at radius 1 is 0.844 bits per heavy atom. The molecule has 4 rings (SSSR count). The smallest absolute Gasteiger partial charge is 0.343 e. The number of nitrogens with two attached hydrogens (primary N) is 1. The molecule has 32 heavy (non-hydrogen) atoms. The highest BCUT2D eigenvalue weighted by Crippen LogP contribution is 2.38. The van der Waals surface area contributed by atoms with Crippen LogP contribution in [0.2, 0.25) is 0 Å². The van der Waals surface area contributed by atoms with Gasteiger partial charge >= 0.3 is 5.97 Å². The first-order valence-electron chi connectivity index (χ1n) is 9.01. The minimum absolute atomic E-state index is 0.0511. The molecule has 0 bridgehead atoms. The molecule has 0 spiro atoms. The lowest BCUT2D eigenvalue weighted by Crippen LogP contribution is -2.16. The summed E-state index contributed by atoms with van der Waals surface area (Å²) < 4.78 is 10.9. The third kappa shape index (κ3) is 3.45. The van der Waals surface area contributed by atoms with E-state index >= 15 is 0 Å². The van der Waals surface area contributed by atoms with Crippen LogP contribution in [0.5, 0.6) is 34.5 Å². The first-order valence-corrected chi connectivity index (χ1v) is 9.01. The highest BCUT2D eigenvalue weighted by atomic mass is 16.5. The average Bonchev–Trinajstić information content (AvgIpc) is 2.73. The number of hydrogen-bond acceptors (Lipinski definition) is 10. The Kier molecular flexibility index (Phi) is 4.74. The van der Waals surface area contributed by atoms with Crippen LogP contribution in [-0.4, -0.2) is 31.5 Å². The molecule has 0 unspecified atom stereocenters. The van der Waals surface area contributed by atoms with Crippen LogP contribution >= 0.6 is 0 Å². The Morgan fingerprint density at radius 2 is 1.56 bits per heavy atom. The van der Waals surface area contributed by atoms with Gasteiger partial charge in [0.25, 0.3) is 0 Å². The Hall–Kier alpha value is -4.86. The maximum atomic E-state index is 13.1. The van der Waals surface area contributed by atoms with E-state index in [1.165, 1.54) is 18.2 Å². The van der Waals surface area contributed by atoms with Gasteiger partial charge in [-0.3, -0.25) is 4.79 Å². The van der Waals surface area contributed by atoms with Gasteiger partial charge in [-0.2, -0.15) is 0 Å². The lowest BCUT2D eigenvalue weighted by molar-refractivity contribution is 0.0731. The highest BCUT2D eigenvalue weighted by molar-refractivity contribution is 5.95. The number of hydrogen-bond donors (Lipinski definition) is 6. The van der Waals surface area contributed by atoms with Gasteiger partial charge < -0.3 is 40.4 Å². The van der Waals surface area contributed by atoms with Gasteiger partial charge in [0.15, 0.2) is 17.3 Å². The molecule has 10 nitrogen and oxygen atoms in total. The molecule has 0 radical (unpaired) electrons. The first kappa shape index (κ1) is 20.4. The molecular weight excluding hydrogens is 422 g/mol. The van der Waals surface area contributed by atoms with Gasteiger partial charge in [0.05, 0.1) is 11.3 Å². The van der Waals surface area contributed by atoms with Crippen LogP contribution in [-0.2, 0) is 0 Å². The van der Waals surface area contributed by atoms with E-state index in [1.54, 1.807) is 0 Å². The number of carbonyl (C=O) groups excluding carboxylic acids is 1. The maximum Gasteiger partial charge on any atom is 0.343 e. The van der Waals surface area contributed by atoms with Crippen molar-refractivity contribution in [3.8, 4) is 45.8 Å². The van der Waals surface area contributed by atoms with Crippen molar-refractivity contribution in [2.45, 2.75) is 0 Å². The molecular formula is C22H15NO9. The molecule has 162 valence electrons. The van der Waals surface area contributed by atoms with E-state index < -0.39 is 34.4 Å². The zero-order valence-electron chi connectivity index (χ0n) is 16.1. The molecule has 1 heterocycles. The number of aromatic hydroxyl groups is 5. The minimum atomic E-state index is -1.02. The van der Waals surface area contributed by atoms with E-state index in [0.717, 1.165) is 30.3 Å². The Balaban J connectivity index is 1.95. The quantitative estimate of drug-likeness (QED) is 0.158. The van der Waals surface area contributed by atoms with E-state index in [0.29, 0.717) is 0 Å². The number of anilines is 1. The van der Waals surface area contributed by atoms with Crippen molar-refractivity contribution in [1.29, 1.82) is 0 Å². The van der Waals surface area contributed by atoms with Crippen molar-refractivity contribution >= 4 is 22.6 Å². The molecule has 10 heteroatoms. The second kappa shape index (κ2) is 7.43. The summed E-state index contributed by atoms with van der Waals surface area (Å²) >= 11 is 0. The molecule has 3 aromatic carbocycles. The molecule has 7 N–H and O–H groups in total. The van der Waals surface area contributed by atoms with Gasteiger partial charge in [-0.25, -0.2) is 4.79 Å².